The number of benzene rings is 2. The van der Waals surface area contributed by atoms with Crippen molar-refractivity contribution in [1.29, 1.82) is 0 Å². The van der Waals surface area contributed by atoms with Crippen molar-refractivity contribution in [3.05, 3.63) is 65.2 Å². The van der Waals surface area contributed by atoms with Gasteiger partial charge in [-0.05, 0) is 50.1 Å². The third-order valence-electron chi connectivity index (χ3n) is 5.39. The molecule has 168 valence electrons. The summed E-state index contributed by atoms with van der Waals surface area (Å²) >= 11 is 0. The highest BCUT2D eigenvalue weighted by Gasteiger charge is 2.44. The minimum atomic E-state index is -0.854. The average Bonchev–Trinajstić information content (AvgIpc) is 3.07. The fourth-order valence-corrected chi connectivity index (χ4v) is 3.71. The second kappa shape index (κ2) is 10.2. The van der Waals surface area contributed by atoms with Crippen LogP contribution in [0.1, 0.15) is 54.6 Å². The van der Waals surface area contributed by atoms with Gasteiger partial charge in [0, 0.05) is 13.0 Å². The number of aryl methyl sites for hydroxylation is 1. The van der Waals surface area contributed by atoms with E-state index in [1.807, 2.05) is 38.1 Å². The van der Waals surface area contributed by atoms with Crippen LogP contribution in [-0.2, 0) is 25.7 Å². The van der Waals surface area contributed by atoms with Crippen molar-refractivity contribution in [2.45, 2.75) is 52.6 Å². The summed E-state index contributed by atoms with van der Waals surface area (Å²) in [6.45, 7) is 6.12. The van der Waals surface area contributed by atoms with Crippen molar-refractivity contribution >= 4 is 29.4 Å². The highest BCUT2D eigenvalue weighted by Crippen LogP contribution is 2.28. The zero-order chi connectivity index (χ0) is 23.3. The first-order chi connectivity index (χ1) is 15.3. The number of ether oxygens (including phenoxy) is 1. The Hall–Kier alpha value is -3.48. The molecule has 0 aromatic heterocycles. The van der Waals surface area contributed by atoms with Crippen LogP contribution in [0.15, 0.2) is 48.5 Å². The molecule has 3 amide bonds. The van der Waals surface area contributed by atoms with Crippen molar-refractivity contribution in [3.63, 3.8) is 0 Å². The summed E-state index contributed by atoms with van der Waals surface area (Å²) in [7, 11) is 0. The van der Waals surface area contributed by atoms with E-state index in [0.29, 0.717) is 24.1 Å². The standard InChI is InChI=1S/C25H28N2O5/c1-4-6-22(28)26(16-18-9-7-17(3)8-10-18)21-15-23(29)27(24(21)30)20-13-11-19(12-14-20)25(31)32-5-2/h7-14,21H,4-6,15-16H2,1-3H3. The lowest BCUT2D eigenvalue weighted by Crippen LogP contribution is -2.45. The molecule has 1 fully saturated rings. The number of hydrogen-bond donors (Lipinski definition) is 0. The summed E-state index contributed by atoms with van der Waals surface area (Å²) in [4.78, 5) is 53.4. The number of nitrogens with zero attached hydrogens (tertiary/aromatic N) is 2. The van der Waals surface area contributed by atoms with Crippen molar-refractivity contribution in [3.8, 4) is 0 Å². The van der Waals surface area contributed by atoms with Gasteiger partial charge in [-0.1, -0.05) is 36.8 Å². The van der Waals surface area contributed by atoms with Gasteiger partial charge in [-0.25, -0.2) is 9.69 Å². The zero-order valence-electron chi connectivity index (χ0n) is 18.7. The Balaban J connectivity index is 1.84. The summed E-state index contributed by atoms with van der Waals surface area (Å²) in [6.07, 6.45) is 0.884. The van der Waals surface area contributed by atoms with Crippen molar-refractivity contribution in [1.82, 2.24) is 4.90 Å². The molecule has 0 saturated carbocycles. The monoisotopic (exact) mass is 436 g/mol. The maximum absolute atomic E-state index is 13.3. The van der Waals surface area contributed by atoms with Crippen molar-refractivity contribution in [2.75, 3.05) is 11.5 Å². The van der Waals surface area contributed by atoms with Crippen LogP contribution in [-0.4, -0.2) is 41.2 Å². The van der Waals surface area contributed by atoms with Gasteiger partial charge in [0.15, 0.2) is 0 Å². The fraction of sp³-hybridized carbons (Fsp3) is 0.360. The first kappa shape index (κ1) is 23.2. The van der Waals surface area contributed by atoms with Gasteiger partial charge in [-0.2, -0.15) is 0 Å². The predicted octanol–water partition coefficient (Wildman–Crippen LogP) is 3.63. The zero-order valence-corrected chi connectivity index (χ0v) is 18.7. The Kier molecular flexibility index (Phi) is 7.41. The second-order valence-corrected chi connectivity index (χ2v) is 7.81. The Bertz CT molecular complexity index is 998. The van der Waals surface area contributed by atoms with E-state index >= 15 is 0 Å². The smallest absolute Gasteiger partial charge is 0.338 e. The van der Waals surface area contributed by atoms with E-state index in [1.54, 1.807) is 19.1 Å². The van der Waals surface area contributed by atoms with Crippen molar-refractivity contribution < 1.29 is 23.9 Å². The number of anilines is 1. The molecule has 32 heavy (non-hydrogen) atoms. The Morgan fingerprint density at radius 1 is 1.03 bits per heavy atom. The van der Waals surface area contributed by atoms with Crippen LogP contribution in [0, 0.1) is 6.92 Å². The highest BCUT2D eigenvalue weighted by molar-refractivity contribution is 6.23. The maximum atomic E-state index is 13.3. The van der Waals surface area contributed by atoms with Crippen LogP contribution in [0.2, 0.25) is 0 Å². The van der Waals surface area contributed by atoms with E-state index in [1.165, 1.54) is 17.0 Å². The molecule has 7 nitrogen and oxygen atoms in total. The molecule has 1 heterocycles. The van der Waals surface area contributed by atoms with Crippen molar-refractivity contribution in [2.24, 2.45) is 0 Å². The van der Waals surface area contributed by atoms with Crippen LogP contribution < -0.4 is 4.90 Å². The highest BCUT2D eigenvalue weighted by atomic mass is 16.5. The van der Waals surface area contributed by atoms with Gasteiger partial charge < -0.3 is 9.64 Å². The number of carbonyl (C=O) groups excluding carboxylic acids is 4. The molecule has 1 unspecified atom stereocenters. The van der Waals surface area contributed by atoms with Gasteiger partial charge >= 0.3 is 5.97 Å². The topological polar surface area (TPSA) is 84.0 Å². The Morgan fingerprint density at radius 2 is 1.69 bits per heavy atom. The normalized spacial score (nSPS) is 15.7. The molecule has 0 radical (unpaired) electrons. The molecule has 1 aliphatic heterocycles. The predicted molar refractivity (Wildman–Crippen MR) is 120 cm³/mol. The minimum Gasteiger partial charge on any atom is -0.462 e. The van der Waals surface area contributed by atoms with E-state index in [-0.39, 0.29) is 31.4 Å². The van der Waals surface area contributed by atoms with Crippen LogP contribution in [0.5, 0.6) is 0 Å². The largest absolute Gasteiger partial charge is 0.462 e. The number of imide groups is 1. The van der Waals surface area contributed by atoms with E-state index in [4.69, 9.17) is 4.74 Å². The third kappa shape index (κ3) is 5.04. The van der Waals surface area contributed by atoms with E-state index in [2.05, 4.69) is 0 Å². The second-order valence-electron chi connectivity index (χ2n) is 7.81. The average molecular weight is 437 g/mol. The lowest BCUT2D eigenvalue weighted by Gasteiger charge is -2.28. The minimum absolute atomic E-state index is 0.0697. The van der Waals surface area contributed by atoms with Crippen LogP contribution in [0.25, 0.3) is 0 Å². The molecule has 0 N–H and O–H groups in total. The molecule has 7 heteroatoms. The van der Waals surface area contributed by atoms with Crippen LogP contribution in [0.4, 0.5) is 5.69 Å². The van der Waals surface area contributed by atoms with Crippen LogP contribution >= 0.6 is 0 Å². The summed E-state index contributed by atoms with van der Waals surface area (Å²) < 4.78 is 4.97. The number of carbonyl (C=O) groups is 4. The number of hydrogen-bond acceptors (Lipinski definition) is 5. The number of esters is 1. The van der Waals surface area contributed by atoms with Gasteiger partial charge in [0.2, 0.25) is 11.8 Å². The molecule has 0 bridgehead atoms. The molecule has 1 aliphatic rings. The molecule has 2 aromatic rings. The molecule has 0 aliphatic carbocycles. The summed E-state index contributed by atoms with van der Waals surface area (Å²) in [5.74, 6) is -1.43. The first-order valence-electron chi connectivity index (χ1n) is 10.8. The fourth-order valence-electron chi connectivity index (χ4n) is 3.71. The Morgan fingerprint density at radius 3 is 2.28 bits per heavy atom. The molecule has 3 rings (SSSR count). The quantitative estimate of drug-likeness (QED) is 0.466. The third-order valence-corrected chi connectivity index (χ3v) is 5.39. The molecule has 2 aromatic carbocycles. The van der Waals surface area contributed by atoms with E-state index < -0.39 is 17.9 Å². The number of rotatable bonds is 8. The van der Waals surface area contributed by atoms with Crippen LogP contribution in [0.3, 0.4) is 0 Å². The van der Waals surface area contributed by atoms with Gasteiger partial charge in [-0.3, -0.25) is 14.4 Å². The number of amides is 3. The van der Waals surface area contributed by atoms with Gasteiger partial charge in [-0.15, -0.1) is 0 Å². The lowest BCUT2D eigenvalue weighted by molar-refractivity contribution is -0.139. The summed E-state index contributed by atoms with van der Waals surface area (Å²) in [5.41, 5.74) is 2.71. The summed E-state index contributed by atoms with van der Waals surface area (Å²) in [6, 6.07) is 13.0. The Labute approximate surface area is 188 Å². The van der Waals surface area contributed by atoms with Gasteiger partial charge in [0.1, 0.15) is 6.04 Å². The summed E-state index contributed by atoms with van der Waals surface area (Å²) in [5, 5.41) is 0. The maximum Gasteiger partial charge on any atom is 0.338 e. The van der Waals surface area contributed by atoms with Gasteiger partial charge in [0.05, 0.1) is 24.3 Å². The first-order valence-corrected chi connectivity index (χ1v) is 10.8. The van der Waals surface area contributed by atoms with E-state index in [0.717, 1.165) is 16.0 Å². The molecular weight excluding hydrogens is 408 g/mol. The molecular formula is C25H28N2O5. The van der Waals surface area contributed by atoms with E-state index in [9.17, 15) is 19.2 Å². The molecule has 0 spiro atoms. The van der Waals surface area contributed by atoms with Gasteiger partial charge in [0.25, 0.3) is 5.91 Å². The molecule has 1 saturated heterocycles. The lowest BCUT2D eigenvalue weighted by atomic mass is 10.1. The molecule has 1 atom stereocenters. The SMILES string of the molecule is CCCC(=O)N(Cc1ccc(C)cc1)C1CC(=O)N(c2ccc(C(=O)OCC)cc2)C1=O.